The topological polar surface area (TPSA) is 77.2 Å². The van der Waals surface area contributed by atoms with Gasteiger partial charge < -0.3 is 9.47 Å². The van der Waals surface area contributed by atoms with Crippen LogP contribution < -0.4 is 11.1 Å². The summed E-state index contributed by atoms with van der Waals surface area (Å²) >= 11 is 0. The van der Waals surface area contributed by atoms with Gasteiger partial charge in [-0.15, -0.1) is 0 Å². The largest absolute Gasteiger partial charge is 0.334 e. The second kappa shape index (κ2) is 7.56. The Morgan fingerprint density at radius 1 is 1.03 bits per heavy atom. The van der Waals surface area contributed by atoms with E-state index in [0.29, 0.717) is 41.7 Å². The molecule has 0 aliphatic carbocycles. The number of aryl methyl sites for hydroxylation is 1. The summed E-state index contributed by atoms with van der Waals surface area (Å²) in [6, 6.07) is 12.2. The average Bonchev–Trinajstić information content (AvgIpc) is 2.81. The summed E-state index contributed by atoms with van der Waals surface area (Å²) in [4.78, 5) is 43.9. The second-order valence-electron chi connectivity index (χ2n) is 7.88. The molecule has 32 heavy (non-hydrogen) atoms. The van der Waals surface area contributed by atoms with Gasteiger partial charge in [-0.2, -0.15) is 0 Å². The van der Waals surface area contributed by atoms with Crippen LogP contribution in [0.15, 0.2) is 70.6 Å². The molecule has 0 atom stereocenters. The summed E-state index contributed by atoms with van der Waals surface area (Å²) in [6.07, 6.45) is 3.72. The number of nitrogens with zero attached hydrogens (tertiary/aromatic N) is 4. The molecule has 0 bridgehead atoms. The lowest BCUT2D eigenvalue weighted by molar-refractivity contribution is 0.0734. The van der Waals surface area contributed by atoms with Crippen LogP contribution >= 0.6 is 0 Å². The zero-order valence-corrected chi connectivity index (χ0v) is 17.3. The molecule has 3 heterocycles. The van der Waals surface area contributed by atoms with Crippen molar-refractivity contribution < 1.29 is 9.18 Å². The van der Waals surface area contributed by atoms with Gasteiger partial charge in [0.05, 0.1) is 17.2 Å². The Hall–Kier alpha value is -4.07. The first kappa shape index (κ1) is 19.9. The number of hydrogen-bond acceptors (Lipinski definition) is 4. The molecule has 0 fully saturated rings. The van der Waals surface area contributed by atoms with Gasteiger partial charge >= 0.3 is 0 Å². The van der Waals surface area contributed by atoms with Gasteiger partial charge in [0.25, 0.3) is 17.0 Å². The molecule has 0 N–H and O–H groups in total. The minimum Gasteiger partial charge on any atom is -0.334 e. The third-order valence-electron chi connectivity index (χ3n) is 5.80. The molecule has 7 nitrogen and oxygen atoms in total. The Kier molecular flexibility index (Phi) is 4.70. The van der Waals surface area contributed by atoms with Gasteiger partial charge in [-0.25, -0.2) is 9.37 Å². The van der Waals surface area contributed by atoms with E-state index in [0.717, 1.165) is 11.1 Å². The summed E-state index contributed by atoms with van der Waals surface area (Å²) in [5, 5.41) is 0.457. The molecule has 1 amide bonds. The summed E-state index contributed by atoms with van der Waals surface area (Å²) in [5.41, 5.74) is 2.89. The molecule has 0 saturated carbocycles. The lowest BCUT2D eigenvalue weighted by Crippen LogP contribution is -2.37. The van der Waals surface area contributed by atoms with Crippen LogP contribution in [0, 0.1) is 5.82 Å². The maximum atomic E-state index is 13.3. The number of aromatic nitrogens is 3. The molecule has 4 aromatic rings. The predicted octanol–water partition coefficient (Wildman–Crippen LogP) is 2.42. The molecule has 8 heteroatoms. The number of pyridine rings is 1. The molecule has 0 saturated heterocycles. The van der Waals surface area contributed by atoms with Crippen molar-refractivity contribution in [1.29, 1.82) is 0 Å². The molecule has 0 unspecified atom stereocenters. The minimum atomic E-state index is -0.376. The van der Waals surface area contributed by atoms with Crippen molar-refractivity contribution >= 4 is 16.8 Å². The zero-order chi connectivity index (χ0) is 22.4. The number of fused-ring (bicyclic) bond motifs is 2. The van der Waals surface area contributed by atoms with Gasteiger partial charge in [0.15, 0.2) is 0 Å². The van der Waals surface area contributed by atoms with Crippen LogP contribution in [0.3, 0.4) is 0 Å². The number of benzene rings is 2. The van der Waals surface area contributed by atoms with Gasteiger partial charge in [-0.1, -0.05) is 0 Å². The number of amides is 1. The molecular weight excluding hydrogens is 411 g/mol. The Labute approximate surface area is 182 Å². The van der Waals surface area contributed by atoms with Gasteiger partial charge in [-0.3, -0.25) is 19.0 Å². The average molecular weight is 430 g/mol. The van der Waals surface area contributed by atoms with Crippen LogP contribution in [-0.2, 0) is 20.0 Å². The normalized spacial score (nSPS) is 13.2. The van der Waals surface area contributed by atoms with Gasteiger partial charge in [0, 0.05) is 43.7 Å². The van der Waals surface area contributed by atoms with E-state index in [1.165, 1.54) is 27.6 Å². The molecule has 0 spiro atoms. The highest BCUT2D eigenvalue weighted by Gasteiger charge is 2.23. The van der Waals surface area contributed by atoms with Crippen LogP contribution in [0.1, 0.15) is 21.5 Å². The van der Waals surface area contributed by atoms with E-state index in [1.54, 1.807) is 54.5 Å². The first-order valence-corrected chi connectivity index (χ1v) is 10.2. The van der Waals surface area contributed by atoms with E-state index in [4.69, 9.17) is 0 Å². The van der Waals surface area contributed by atoms with Gasteiger partial charge in [-0.05, 0) is 60.0 Å². The van der Waals surface area contributed by atoms with Crippen molar-refractivity contribution in [3.05, 3.63) is 104 Å². The van der Waals surface area contributed by atoms with Crippen molar-refractivity contribution in [1.82, 2.24) is 19.0 Å². The number of hydrogen-bond donors (Lipinski definition) is 0. The SMILES string of the molecule is Cn1cnc2cc(C(=O)N3CCc4cc(=O)n(-c5ccc(F)cc5)cc4C3)ccc2c1=O. The highest BCUT2D eigenvalue weighted by atomic mass is 19.1. The molecule has 1 aliphatic heterocycles. The van der Waals surface area contributed by atoms with Crippen molar-refractivity contribution in [2.75, 3.05) is 6.54 Å². The fourth-order valence-electron chi connectivity index (χ4n) is 4.03. The van der Waals surface area contributed by atoms with Crippen LogP contribution in [0.5, 0.6) is 0 Å². The quantitative estimate of drug-likeness (QED) is 0.490. The molecule has 5 rings (SSSR count). The molecule has 2 aromatic carbocycles. The maximum absolute atomic E-state index is 13.3. The standard InChI is InChI=1S/C24H19FN4O3/c1-27-14-26-21-10-16(2-7-20(21)24(27)32)23(31)28-9-8-15-11-22(30)29(13-17(15)12-28)19-5-3-18(25)4-6-19/h2-7,10-11,13-14H,8-9,12H2,1H3. The Bertz CT molecular complexity index is 1490. The summed E-state index contributed by atoms with van der Waals surface area (Å²) < 4.78 is 16.1. The van der Waals surface area contributed by atoms with Gasteiger partial charge in [0.2, 0.25) is 0 Å². The summed E-state index contributed by atoms with van der Waals surface area (Å²) in [7, 11) is 1.63. The van der Waals surface area contributed by atoms with E-state index in [9.17, 15) is 18.8 Å². The first-order chi connectivity index (χ1) is 15.4. The third-order valence-corrected chi connectivity index (χ3v) is 5.80. The second-order valence-corrected chi connectivity index (χ2v) is 7.88. The van der Waals surface area contributed by atoms with E-state index in [-0.39, 0.29) is 22.8 Å². The monoisotopic (exact) mass is 430 g/mol. The van der Waals surface area contributed by atoms with Crippen LogP contribution in [-0.4, -0.2) is 31.5 Å². The Balaban J connectivity index is 1.46. The Morgan fingerprint density at radius 2 is 1.81 bits per heavy atom. The minimum absolute atomic E-state index is 0.167. The zero-order valence-electron chi connectivity index (χ0n) is 17.3. The summed E-state index contributed by atoms with van der Waals surface area (Å²) in [6.45, 7) is 0.825. The number of rotatable bonds is 2. The lowest BCUT2D eigenvalue weighted by atomic mass is 10.0. The van der Waals surface area contributed by atoms with Crippen molar-refractivity contribution in [2.45, 2.75) is 13.0 Å². The molecule has 1 aliphatic rings. The summed E-state index contributed by atoms with van der Waals surface area (Å²) in [5.74, 6) is -0.543. The fraction of sp³-hybridized carbons (Fsp3) is 0.167. The number of halogens is 1. The maximum Gasteiger partial charge on any atom is 0.260 e. The van der Waals surface area contributed by atoms with E-state index >= 15 is 0 Å². The smallest absolute Gasteiger partial charge is 0.260 e. The predicted molar refractivity (Wildman–Crippen MR) is 117 cm³/mol. The molecular formula is C24H19FN4O3. The number of carbonyl (C=O) groups is 1. The van der Waals surface area contributed by atoms with Crippen molar-refractivity contribution in [2.24, 2.45) is 7.05 Å². The molecule has 0 radical (unpaired) electrons. The van der Waals surface area contributed by atoms with Crippen molar-refractivity contribution in [3.8, 4) is 5.69 Å². The lowest BCUT2D eigenvalue weighted by Gasteiger charge is -2.29. The van der Waals surface area contributed by atoms with E-state index in [1.807, 2.05) is 0 Å². The van der Waals surface area contributed by atoms with Crippen LogP contribution in [0.4, 0.5) is 4.39 Å². The van der Waals surface area contributed by atoms with E-state index < -0.39 is 0 Å². The first-order valence-electron chi connectivity index (χ1n) is 10.2. The Morgan fingerprint density at radius 3 is 2.59 bits per heavy atom. The van der Waals surface area contributed by atoms with E-state index in [2.05, 4.69) is 4.98 Å². The fourth-order valence-corrected chi connectivity index (χ4v) is 4.03. The van der Waals surface area contributed by atoms with Crippen molar-refractivity contribution in [3.63, 3.8) is 0 Å². The molecule has 160 valence electrons. The number of carbonyl (C=O) groups excluding carboxylic acids is 1. The van der Waals surface area contributed by atoms with Gasteiger partial charge in [0.1, 0.15) is 5.82 Å². The molecule has 2 aromatic heterocycles. The highest BCUT2D eigenvalue weighted by Crippen LogP contribution is 2.21. The van der Waals surface area contributed by atoms with Crippen LogP contribution in [0.2, 0.25) is 0 Å². The highest BCUT2D eigenvalue weighted by molar-refractivity contribution is 5.97. The van der Waals surface area contributed by atoms with Crippen LogP contribution in [0.25, 0.3) is 16.6 Å². The third kappa shape index (κ3) is 3.39.